The van der Waals surface area contributed by atoms with Crippen molar-refractivity contribution in [3.05, 3.63) is 33.3 Å². The lowest BCUT2D eigenvalue weighted by Gasteiger charge is -2.31. The average molecular weight is 318 g/mol. The minimum absolute atomic E-state index is 0.352. The zero-order valence-corrected chi connectivity index (χ0v) is 12.3. The predicted molar refractivity (Wildman–Crippen MR) is 75.2 cm³/mol. The highest BCUT2D eigenvalue weighted by Crippen LogP contribution is 2.39. The van der Waals surface area contributed by atoms with Gasteiger partial charge >= 0.3 is 0 Å². The Morgan fingerprint density at radius 1 is 1.41 bits per heavy atom. The molecule has 1 nitrogen and oxygen atoms in total. The first-order valence-corrected chi connectivity index (χ1v) is 7.38. The highest BCUT2D eigenvalue weighted by molar-refractivity contribution is 9.10. The van der Waals surface area contributed by atoms with Crippen molar-refractivity contribution in [3.63, 3.8) is 0 Å². The van der Waals surface area contributed by atoms with Crippen molar-refractivity contribution in [3.8, 4) is 0 Å². The molecule has 0 spiro atoms. The van der Waals surface area contributed by atoms with Crippen LogP contribution in [-0.4, -0.2) is 5.11 Å². The van der Waals surface area contributed by atoms with Crippen molar-refractivity contribution in [1.82, 2.24) is 0 Å². The maximum atomic E-state index is 10.5. The molecule has 0 heterocycles. The first-order chi connectivity index (χ1) is 8.08. The van der Waals surface area contributed by atoms with Crippen molar-refractivity contribution in [1.29, 1.82) is 0 Å². The molecular weight excluding hydrogens is 300 g/mol. The Kier molecular flexibility index (Phi) is 4.51. The van der Waals surface area contributed by atoms with Crippen LogP contribution in [0.4, 0.5) is 0 Å². The van der Waals surface area contributed by atoms with Crippen molar-refractivity contribution in [2.45, 2.75) is 38.7 Å². The Morgan fingerprint density at radius 3 is 2.88 bits per heavy atom. The number of rotatable bonds is 2. The van der Waals surface area contributed by atoms with Gasteiger partial charge in [-0.25, -0.2) is 0 Å². The van der Waals surface area contributed by atoms with Gasteiger partial charge in [-0.05, 0) is 42.9 Å². The minimum Gasteiger partial charge on any atom is -0.388 e. The van der Waals surface area contributed by atoms with Crippen molar-refractivity contribution in [2.24, 2.45) is 11.8 Å². The lowest BCUT2D eigenvalue weighted by atomic mass is 9.78. The molecule has 17 heavy (non-hydrogen) atoms. The van der Waals surface area contributed by atoms with E-state index in [-0.39, 0.29) is 0 Å². The molecule has 3 heteroatoms. The van der Waals surface area contributed by atoms with Crippen LogP contribution in [0.15, 0.2) is 22.7 Å². The highest BCUT2D eigenvalue weighted by Gasteiger charge is 2.27. The number of aliphatic hydroxyl groups is 1. The van der Waals surface area contributed by atoms with Gasteiger partial charge in [-0.15, -0.1) is 0 Å². The van der Waals surface area contributed by atoms with E-state index in [0.29, 0.717) is 16.9 Å². The first-order valence-electron chi connectivity index (χ1n) is 6.21. The average Bonchev–Trinajstić information content (AvgIpc) is 2.31. The fraction of sp³-hybridized carbons (Fsp3) is 0.571. The van der Waals surface area contributed by atoms with E-state index < -0.39 is 6.10 Å². The fourth-order valence-corrected chi connectivity index (χ4v) is 3.37. The Bertz CT molecular complexity index is 394. The summed E-state index contributed by atoms with van der Waals surface area (Å²) in [5.74, 6) is 1.07. The summed E-state index contributed by atoms with van der Waals surface area (Å²) in [6.45, 7) is 2.27. The first kappa shape index (κ1) is 13.4. The molecule has 0 radical (unpaired) electrons. The van der Waals surface area contributed by atoms with Gasteiger partial charge in [0.25, 0.3) is 0 Å². The summed E-state index contributed by atoms with van der Waals surface area (Å²) >= 11 is 9.60. The molecule has 0 saturated heterocycles. The fourth-order valence-electron chi connectivity index (χ4n) is 2.76. The Morgan fingerprint density at radius 2 is 2.18 bits per heavy atom. The lowest BCUT2D eigenvalue weighted by Crippen LogP contribution is -2.20. The Labute approximate surface area is 116 Å². The van der Waals surface area contributed by atoms with Crippen LogP contribution in [0.1, 0.15) is 44.3 Å². The molecule has 1 fully saturated rings. The van der Waals surface area contributed by atoms with Crippen molar-refractivity contribution >= 4 is 27.5 Å². The smallest absolute Gasteiger partial charge is 0.0833 e. The standard InChI is InChI=1S/C14H18BrClO/c1-9-3-2-4-10(7-9)14(17)12-8-11(15)5-6-13(12)16/h5-6,8-10,14,17H,2-4,7H2,1H3. The van der Waals surface area contributed by atoms with Gasteiger partial charge in [0.1, 0.15) is 0 Å². The van der Waals surface area contributed by atoms with Crippen molar-refractivity contribution in [2.75, 3.05) is 0 Å². The molecule has 1 aromatic rings. The van der Waals surface area contributed by atoms with Crippen LogP contribution < -0.4 is 0 Å². The van der Waals surface area contributed by atoms with Crippen LogP contribution >= 0.6 is 27.5 Å². The molecule has 1 aliphatic carbocycles. The molecule has 0 aliphatic heterocycles. The molecule has 1 saturated carbocycles. The van der Waals surface area contributed by atoms with Crippen molar-refractivity contribution < 1.29 is 5.11 Å². The summed E-state index contributed by atoms with van der Waals surface area (Å²) in [6, 6.07) is 5.69. The van der Waals surface area contributed by atoms with Crippen LogP contribution in [-0.2, 0) is 0 Å². The van der Waals surface area contributed by atoms with E-state index in [0.717, 1.165) is 22.9 Å². The Hall–Kier alpha value is -0.0500. The van der Waals surface area contributed by atoms with Gasteiger partial charge in [-0.2, -0.15) is 0 Å². The molecule has 94 valence electrons. The molecule has 1 N–H and O–H groups in total. The van der Waals surface area contributed by atoms with Crippen LogP contribution in [0.3, 0.4) is 0 Å². The summed E-state index contributed by atoms with van der Waals surface area (Å²) in [4.78, 5) is 0. The van der Waals surface area contributed by atoms with Gasteiger partial charge in [0.05, 0.1) is 6.10 Å². The number of aliphatic hydroxyl groups excluding tert-OH is 1. The highest BCUT2D eigenvalue weighted by atomic mass is 79.9. The number of halogens is 2. The van der Waals surface area contributed by atoms with Gasteiger partial charge in [0, 0.05) is 15.1 Å². The third-order valence-corrected chi connectivity index (χ3v) is 4.54. The zero-order valence-electron chi connectivity index (χ0n) is 10.00. The third-order valence-electron chi connectivity index (χ3n) is 3.70. The summed E-state index contributed by atoms with van der Waals surface area (Å²) in [5.41, 5.74) is 0.861. The van der Waals surface area contributed by atoms with Crippen LogP contribution in [0.2, 0.25) is 5.02 Å². The van der Waals surface area contributed by atoms with E-state index >= 15 is 0 Å². The second-order valence-electron chi connectivity index (χ2n) is 5.14. The molecule has 3 unspecified atom stereocenters. The molecule has 0 bridgehead atoms. The summed E-state index contributed by atoms with van der Waals surface area (Å²) < 4.78 is 0.972. The third kappa shape index (κ3) is 3.24. The van der Waals surface area contributed by atoms with E-state index in [2.05, 4.69) is 22.9 Å². The quantitative estimate of drug-likeness (QED) is 0.817. The second kappa shape index (κ2) is 5.73. The zero-order chi connectivity index (χ0) is 12.4. The largest absolute Gasteiger partial charge is 0.388 e. The van der Waals surface area contributed by atoms with E-state index in [1.807, 2.05) is 18.2 Å². The molecule has 3 atom stereocenters. The summed E-state index contributed by atoms with van der Waals surface area (Å²) in [7, 11) is 0. The molecule has 2 rings (SSSR count). The van der Waals surface area contributed by atoms with E-state index in [9.17, 15) is 5.11 Å². The van der Waals surface area contributed by atoms with Gasteiger partial charge in [-0.3, -0.25) is 0 Å². The van der Waals surface area contributed by atoms with Crippen LogP contribution in [0.25, 0.3) is 0 Å². The van der Waals surface area contributed by atoms with Gasteiger partial charge in [0.2, 0.25) is 0 Å². The van der Waals surface area contributed by atoms with E-state index in [1.165, 1.54) is 12.8 Å². The number of benzene rings is 1. The molecule has 0 aromatic heterocycles. The van der Waals surface area contributed by atoms with Gasteiger partial charge in [-0.1, -0.05) is 47.3 Å². The number of hydrogen-bond donors (Lipinski definition) is 1. The predicted octanol–water partition coefficient (Wildman–Crippen LogP) is 4.96. The monoisotopic (exact) mass is 316 g/mol. The van der Waals surface area contributed by atoms with Crippen LogP contribution in [0.5, 0.6) is 0 Å². The topological polar surface area (TPSA) is 20.2 Å². The normalized spacial score (nSPS) is 26.8. The Balaban J connectivity index is 2.18. The number of hydrogen-bond acceptors (Lipinski definition) is 1. The SMILES string of the molecule is CC1CCCC(C(O)c2cc(Br)ccc2Cl)C1. The lowest BCUT2D eigenvalue weighted by molar-refractivity contribution is 0.0714. The molecule has 1 aromatic carbocycles. The minimum atomic E-state index is -0.428. The maximum absolute atomic E-state index is 10.5. The summed E-state index contributed by atoms with van der Waals surface area (Å²) in [6.07, 6.45) is 4.28. The van der Waals surface area contributed by atoms with Gasteiger partial charge < -0.3 is 5.11 Å². The molecular formula is C14H18BrClO. The van der Waals surface area contributed by atoms with E-state index in [4.69, 9.17) is 11.6 Å². The molecule has 0 amide bonds. The van der Waals surface area contributed by atoms with E-state index in [1.54, 1.807) is 0 Å². The van der Waals surface area contributed by atoms with Gasteiger partial charge in [0.15, 0.2) is 0 Å². The van der Waals surface area contributed by atoms with Crippen LogP contribution in [0, 0.1) is 11.8 Å². The second-order valence-corrected chi connectivity index (χ2v) is 6.47. The summed E-state index contributed by atoms with van der Waals surface area (Å²) in [5, 5.41) is 11.1. The maximum Gasteiger partial charge on any atom is 0.0833 e. The molecule has 1 aliphatic rings.